The summed E-state index contributed by atoms with van der Waals surface area (Å²) >= 11 is 0. The number of hydrogen-bond donors (Lipinski definition) is 1. The molecule has 0 bridgehead atoms. The molecule has 140 valence electrons. The zero-order valence-corrected chi connectivity index (χ0v) is 15.3. The van der Waals surface area contributed by atoms with Crippen molar-refractivity contribution in [2.75, 3.05) is 19.4 Å². The molecule has 1 N–H and O–H groups in total. The minimum absolute atomic E-state index is 0.160. The lowest BCUT2D eigenvalue weighted by molar-refractivity contribution is -0.385. The van der Waals surface area contributed by atoms with Crippen LogP contribution in [0.25, 0.3) is 0 Å². The Morgan fingerprint density at radius 3 is 2.50 bits per heavy atom. The van der Waals surface area contributed by atoms with Crippen molar-refractivity contribution in [2.45, 2.75) is 33.4 Å². The molecule has 11 nitrogen and oxygen atoms in total. The fourth-order valence-electron chi connectivity index (χ4n) is 2.49. The quantitative estimate of drug-likeness (QED) is 0.607. The van der Waals surface area contributed by atoms with Gasteiger partial charge in [-0.3, -0.25) is 29.1 Å². The number of rotatable bonds is 6. The second-order valence-electron chi connectivity index (χ2n) is 5.90. The van der Waals surface area contributed by atoms with Crippen LogP contribution in [0.2, 0.25) is 0 Å². The molecule has 11 heteroatoms. The van der Waals surface area contributed by atoms with Gasteiger partial charge in [0.1, 0.15) is 23.6 Å². The van der Waals surface area contributed by atoms with E-state index in [9.17, 15) is 19.7 Å². The maximum Gasteiger partial charge on any atom is 0.309 e. The Morgan fingerprint density at radius 1 is 1.35 bits per heavy atom. The third-order valence-electron chi connectivity index (χ3n) is 3.97. The smallest absolute Gasteiger partial charge is 0.309 e. The molecule has 0 saturated carbocycles. The van der Waals surface area contributed by atoms with Crippen molar-refractivity contribution in [3.05, 3.63) is 33.9 Å². The number of nitrogens with one attached hydrogen (secondary N) is 1. The van der Waals surface area contributed by atoms with Gasteiger partial charge in [-0.05, 0) is 20.8 Å². The van der Waals surface area contributed by atoms with E-state index < -0.39 is 16.9 Å². The van der Waals surface area contributed by atoms with Gasteiger partial charge >= 0.3 is 5.69 Å². The van der Waals surface area contributed by atoms with Crippen molar-refractivity contribution in [1.82, 2.24) is 24.5 Å². The van der Waals surface area contributed by atoms with Crippen LogP contribution in [-0.4, -0.2) is 55.3 Å². The molecule has 0 radical (unpaired) electrons. The van der Waals surface area contributed by atoms with E-state index in [2.05, 4.69) is 15.5 Å². The van der Waals surface area contributed by atoms with Gasteiger partial charge in [-0.25, -0.2) is 0 Å². The monoisotopic (exact) mass is 363 g/mol. The summed E-state index contributed by atoms with van der Waals surface area (Å²) in [6.07, 6.45) is 2.51. The van der Waals surface area contributed by atoms with Crippen molar-refractivity contribution in [2.24, 2.45) is 0 Å². The molecule has 0 aliphatic heterocycles. The number of anilines is 1. The molecule has 1 unspecified atom stereocenters. The summed E-state index contributed by atoms with van der Waals surface area (Å²) in [5.74, 6) is -0.757. The number of aromatic nitrogens is 4. The van der Waals surface area contributed by atoms with Gasteiger partial charge in [0, 0.05) is 20.6 Å². The fraction of sp³-hybridized carbons (Fsp3) is 0.467. The lowest BCUT2D eigenvalue weighted by atomic mass is 10.2. The SMILES string of the molecule is CCn1ncc(NC(=O)C(C)n2ncc([N+](=O)[O-])c2C)c1C(=O)N(C)C. The normalized spacial score (nSPS) is 11.9. The van der Waals surface area contributed by atoms with Crippen molar-refractivity contribution < 1.29 is 14.5 Å². The highest BCUT2D eigenvalue weighted by molar-refractivity contribution is 6.03. The molecule has 0 fully saturated rings. The van der Waals surface area contributed by atoms with E-state index in [0.717, 1.165) is 6.20 Å². The van der Waals surface area contributed by atoms with Crippen LogP contribution in [0.15, 0.2) is 12.4 Å². The van der Waals surface area contributed by atoms with Crippen LogP contribution in [0.4, 0.5) is 11.4 Å². The van der Waals surface area contributed by atoms with Gasteiger partial charge in [-0.15, -0.1) is 0 Å². The molecule has 0 spiro atoms. The molecule has 1 atom stereocenters. The van der Waals surface area contributed by atoms with Crippen LogP contribution in [0, 0.1) is 17.0 Å². The molecular formula is C15H21N7O4. The largest absolute Gasteiger partial charge is 0.343 e. The standard InChI is InChI=1S/C15H21N7O4/c1-6-20-13(15(24)19(4)5)11(7-16-20)18-14(23)10(3)21-9(2)12(8-17-21)22(25)26/h7-8,10H,6H2,1-5H3,(H,18,23). The summed E-state index contributed by atoms with van der Waals surface area (Å²) in [4.78, 5) is 36.7. The number of aryl methyl sites for hydroxylation is 1. The van der Waals surface area contributed by atoms with Crippen molar-refractivity contribution >= 4 is 23.2 Å². The van der Waals surface area contributed by atoms with E-state index in [1.807, 2.05) is 6.92 Å². The Labute approximate surface area is 149 Å². The highest BCUT2D eigenvalue weighted by Gasteiger charge is 2.26. The Hall–Kier alpha value is -3.24. The van der Waals surface area contributed by atoms with Crippen LogP contribution in [0.1, 0.15) is 36.1 Å². The number of nitrogens with zero attached hydrogens (tertiary/aromatic N) is 6. The summed E-state index contributed by atoms with van der Waals surface area (Å²) in [5.41, 5.74) is 0.654. The average molecular weight is 363 g/mol. The van der Waals surface area contributed by atoms with E-state index in [-0.39, 0.29) is 28.7 Å². The van der Waals surface area contributed by atoms with Crippen molar-refractivity contribution in [3.63, 3.8) is 0 Å². The Balaban J connectivity index is 2.29. The van der Waals surface area contributed by atoms with Gasteiger partial charge in [-0.1, -0.05) is 0 Å². The summed E-state index contributed by atoms with van der Waals surface area (Å²) in [6.45, 7) is 5.38. The van der Waals surface area contributed by atoms with E-state index in [1.165, 1.54) is 27.4 Å². The molecular weight excluding hydrogens is 342 g/mol. The molecule has 0 aromatic carbocycles. The summed E-state index contributed by atoms with van der Waals surface area (Å²) in [6, 6.07) is -0.809. The topological polar surface area (TPSA) is 128 Å². The van der Waals surface area contributed by atoms with Gasteiger partial charge in [0.15, 0.2) is 0 Å². The van der Waals surface area contributed by atoms with Gasteiger partial charge in [0.25, 0.3) is 5.91 Å². The number of carbonyl (C=O) groups is 2. The van der Waals surface area contributed by atoms with Crippen LogP contribution >= 0.6 is 0 Å². The molecule has 0 aliphatic rings. The van der Waals surface area contributed by atoms with Gasteiger partial charge in [0.2, 0.25) is 5.91 Å². The van der Waals surface area contributed by atoms with Crippen LogP contribution < -0.4 is 5.32 Å². The molecule has 0 aliphatic carbocycles. The average Bonchev–Trinajstić information content (AvgIpc) is 3.16. The lowest BCUT2D eigenvalue weighted by Gasteiger charge is -2.16. The Morgan fingerprint density at radius 2 is 2.00 bits per heavy atom. The number of hydrogen-bond acceptors (Lipinski definition) is 6. The molecule has 0 saturated heterocycles. The van der Waals surface area contributed by atoms with Crippen LogP contribution in [0.3, 0.4) is 0 Å². The molecule has 2 aromatic heterocycles. The maximum absolute atomic E-state index is 12.6. The lowest BCUT2D eigenvalue weighted by Crippen LogP contribution is -2.29. The van der Waals surface area contributed by atoms with Gasteiger partial charge in [0.05, 0.1) is 16.8 Å². The Kier molecular flexibility index (Phi) is 5.38. The van der Waals surface area contributed by atoms with Gasteiger partial charge < -0.3 is 10.2 Å². The fourth-order valence-corrected chi connectivity index (χ4v) is 2.49. The molecule has 2 aromatic rings. The van der Waals surface area contributed by atoms with E-state index in [4.69, 9.17) is 0 Å². The second-order valence-corrected chi connectivity index (χ2v) is 5.90. The van der Waals surface area contributed by atoms with E-state index in [0.29, 0.717) is 6.54 Å². The first kappa shape index (κ1) is 19.1. The molecule has 26 heavy (non-hydrogen) atoms. The number of nitro groups is 1. The first-order valence-electron chi connectivity index (χ1n) is 7.95. The minimum Gasteiger partial charge on any atom is -0.343 e. The molecule has 2 heterocycles. The third-order valence-corrected chi connectivity index (χ3v) is 3.97. The molecule has 2 amide bonds. The first-order valence-corrected chi connectivity index (χ1v) is 7.95. The third kappa shape index (κ3) is 3.41. The van der Waals surface area contributed by atoms with Gasteiger partial charge in [-0.2, -0.15) is 10.2 Å². The first-order chi connectivity index (χ1) is 12.2. The second kappa shape index (κ2) is 7.33. The minimum atomic E-state index is -0.809. The maximum atomic E-state index is 12.6. The van der Waals surface area contributed by atoms with Crippen molar-refractivity contribution in [1.29, 1.82) is 0 Å². The predicted molar refractivity (Wildman–Crippen MR) is 92.9 cm³/mol. The zero-order chi connectivity index (χ0) is 19.6. The van der Waals surface area contributed by atoms with Crippen molar-refractivity contribution in [3.8, 4) is 0 Å². The Bertz CT molecular complexity index is 852. The highest BCUT2D eigenvalue weighted by atomic mass is 16.6. The van der Waals surface area contributed by atoms with E-state index in [1.54, 1.807) is 21.0 Å². The summed E-state index contributed by atoms with van der Waals surface area (Å²) in [5, 5.41) is 21.6. The van der Waals surface area contributed by atoms with E-state index >= 15 is 0 Å². The number of carbonyl (C=O) groups excluding carboxylic acids is 2. The summed E-state index contributed by atoms with van der Waals surface area (Å²) in [7, 11) is 3.21. The zero-order valence-electron chi connectivity index (χ0n) is 15.3. The summed E-state index contributed by atoms with van der Waals surface area (Å²) < 4.78 is 2.76. The van der Waals surface area contributed by atoms with Crippen LogP contribution in [0.5, 0.6) is 0 Å². The van der Waals surface area contributed by atoms with Crippen LogP contribution in [-0.2, 0) is 11.3 Å². The highest BCUT2D eigenvalue weighted by Crippen LogP contribution is 2.22. The predicted octanol–water partition coefficient (Wildman–Crippen LogP) is 1.22. The number of amides is 2. The molecule has 2 rings (SSSR count).